The summed E-state index contributed by atoms with van der Waals surface area (Å²) in [5.74, 6) is -0.903. The summed E-state index contributed by atoms with van der Waals surface area (Å²) in [4.78, 5) is 27.0. The lowest BCUT2D eigenvalue weighted by molar-refractivity contribution is -0.137. The van der Waals surface area contributed by atoms with Crippen LogP contribution < -0.4 is 0 Å². The van der Waals surface area contributed by atoms with Crippen LogP contribution >= 0.6 is 11.8 Å². The number of imide groups is 1. The van der Waals surface area contributed by atoms with Gasteiger partial charge in [0.05, 0.1) is 29.2 Å². The van der Waals surface area contributed by atoms with Crippen LogP contribution in [0, 0.1) is 6.92 Å². The average Bonchev–Trinajstić information content (AvgIpc) is 2.91. The van der Waals surface area contributed by atoms with Crippen LogP contribution in [0.5, 0.6) is 0 Å². The molecule has 1 aliphatic rings. The highest BCUT2D eigenvalue weighted by Crippen LogP contribution is 2.37. The number of aliphatic hydroxyl groups is 1. The van der Waals surface area contributed by atoms with Gasteiger partial charge in [-0.1, -0.05) is 42.0 Å². The minimum Gasteiger partial charge on any atom is -0.396 e. The van der Waals surface area contributed by atoms with Crippen LogP contribution in [-0.2, 0) is 22.3 Å². The second-order valence-corrected chi connectivity index (χ2v) is 7.64. The van der Waals surface area contributed by atoms with E-state index in [4.69, 9.17) is 5.11 Å². The van der Waals surface area contributed by atoms with E-state index >= 15 is 0 Å². The minimum atomic E-state index is -4.51. The number of thioether (sulfide) groups is 1. The number of rotatable bonds is 6. The molecule has 3 rings (SSSR count). The highest BCUT2D eigenvalue weighted by atomic mass is 32.2. The number of benzene rings is 2. The van der Waals surface area contributed by atoms with Crippen LogP contribution in [0.25, 0.3) is 5.57 Å². The monoisotopic (exact) mass is 421 g/mol. The van der Waals surface area contributed by atoms with Crippen LogP contribution in [0.15, 0.2) is 53.4 Å². The molecule has 0 saturated heterocycles. The van der Waals surface area contributed by atoms with Gasteiger partial charge in [-0.15, -0.1) is 11.8 Å². The van der Waals surface area contributed by atoms with Crippen LogP contribution in [0.1, 0.15) is 22.3 Å². The van der Waals surface area contributed by atoms with Crippen molar-refractivity contribution in [2.24, 2.45) is 0 Å². The number of hydrogen-bond donors (Lipinski definition) is 1. The molecular formula is C21H18F3NO3S. The van der Waals surface area contributed by atoms with Gasteiger partial charge in [0, 0.05) is 5.75 Å². The van der Waals surface area contributed by atoms with Crippen molar-refractivity contribution in [2.75, 3.05) is 12.4 Å². The molecule has 1 N–H and O–H groups in total. The number of carbonyl (C=O) groups excluding carboxylic acids is 2. The molecule has 2 aromatic rings. The topological polar surface area (TPSA) is 57.6 Å². The third-order valence-electron chi connectivity index (χ3n) is 4.40. The van der Waals surface area contributed by atoms with Gasteiger partial charge in [0.15, 0.2) is 0 Å². The van der Waals surface area contributed by atoms with Crippen LogP contribution in [0.4, 0.5) is 13.2 Å². The summed E-state index contributed by atoms with van der Waals surface area (Å²) in [6, 6.07) is 11.6. The Morgan fingerprint density at radius 3 is 2.34 bits per heavy atom. The predicted octanol–water partition coefficient (Wildman–Crippen LogP) is 4.02. The molecule has 0 fully saturated rings. The van der Waals surface area contributed by atoms with E-state index in [-0.39, 0.29) is 34.9 Å². The quantitative estimate of drug-likeness (QED) is 0.716. The zero-order valence-corrected chi connectivity index (χ0v) is 16.3. The largest absolute Gasteiger partial charge is 0.416 e. The van der Waals surface area contributed by atoms with E-state index < -0.39 is 23.6 Å². The lowest BCUT2D eigenvalue weighted by Gasteiger charge is -2.16. The molecule has 29 heavy (non-hydrogen) atoms. The Balaban J connectivity index is 1.94. The van der Waals surface area contributed by atoms with Gasteiger partial charge in [-0.25, -0.2) is 0 Å². The normalized spacial score (nSPS) is 14.9. The fraction of sp³-hybridized carbons (Fsp3) is 0.238. The predicted molar refractivity (Wildman–Crippen MR) is 105 cm³/mol. The number of aliphatic hydroxyl groups excluding tert-OH is 1. The molecule has 1 aliphatic heterocycles. The molecule has 0 radical (unpaired) electrons. The summed E-state index contributed by atoms with van der Waals surface area (Å²) in [5.41, 5.74) is 1.12. The maximum Gasteiger partial charge on any atom is 0.416 e. The highest BCUT2D eigenvalue weighted by molar-refractivity contribution is 8.04. The van der Waals surface area contributed by atoms with Crippen molar-refractivity contribution >= 4 is 29.1 Å². The summed E-state index contributed by atoms with van der Waals surface area (Å²) >= 11 is 1.06. The van der Waals surface area contributed by atoms with E-state index in [0.717, 1.165) is 34.4 Å². The molecule has 1 heterocycles. The fourth-order valence-corrected chi connectivity index (χ4v) is 3.86. The van der Waals surface area contributed by atoms with Gasteiger partial charge in [-0.05, 0) is 30.2 Å². The lowest BCUT2D eigenvalue weighted by Crippen LogP contribution is -2.31. The van der Waals surface area contributed by atoms with Crippen molar-refractivity contribution in [3.63, 3.8) is 0 Å². The van der Waals surface area contributed by atoms with E-state index in [1.165, 1.54) is 12.1 Å². The number of aryl methyl sites for hydroxylation is 1. The number of hydrogen-bond acceptors (Lipinski definition) is 4. The molecule has 0 atom stereocenters. The third kappa shape index (κ3) is 4.54. The molecule has 4 nitrogen and oxygen atoms in total. The van der Waals surface area contributed by atoms with Crippen molar-refractivity contribution in [2.45, 2.75) is 19.6 Å². The number of nitrogens with zero attached hydrogens (tertiary/aromatic N) is 1. The van der Waals surface area contributed by atoms with Gasteiger partial charge in [0.25, 0.3) is 11.8 Å². The second-order valence-electron chi connectivity index (χ2n) is 6.54. The second kappa shape index (κ2) is 8.42. The van der Waals surface area contributed by atoms with Gasteiger partial charge < -0.3 is 5.11 Å². The standard InChI is InChI=1S/C21H18F3NO3S/c1-13-5-7-15(8-6-13)17-18(29-10-9-26)20(28)25(19(17)27)12-14-3-2-4-16(11-14)21(22,23)24/h2-8,11,26H,9-10,12H2,1H3. The summed E-state index contributed by atoms with van der Waals surface area (Å²) in [7, 11) is 0. The first-order valence-corrected chi connectivity index (χ1v) is 9.78. The molecule has 152 valence electrons. The number of halogens is 3. The van der Waals surface area contributed by atoms with E-state index in [2.05, 4.69) is 0 Å². The summed E-state index contributed by atoms with van der Waals surface area (Å²) < 4.78 is 38.9. The van der Waals surface area contributed by atoms with E-state index in [9.17, 15) is 22.8 Å². The molecule has 2 amide bonds. The van der Waals surface area contributed by atoms with Crippen LogP contribution in [-0.4, -0.2) is 34.2 Å². The van der Waals surface area contributed by atoms with Crippen LogP contribution in [0.3, 0.4) is 0 Å². The van der Waals surface area contributed by atoms with Crippen molar-refractivity contribution in [3.8, 4) is 0 Å². The van der Waals surface area contributed by atoms with Crippen molar-refractivity contribution in [1.29, 1.82) is 0 Å². The lowest BCUT2D eigenvalue weighted by atomic mass is 10.0. The van der Waals surface area contributed by atoms with Crippen molar-refractivity contribution in [3.05, 3.63) is 75.7 Å². The van der Waals surface area contributed by atoms with Crippen molar-refractivity contribution < 1.29 is 27.9 Å². The SMILES string of the molecule is Cc1ccc(C2=C(SCCO)C(=O)N(Cc3cccc(C(F)(F)F)c3)C2=O)cc1. The average molecular weight is 421 g/mol. The number of carbonyl (C=O) groups is 2. The molecule has 0 aromatic heterocycles. The Labute approximate surface area is 170 Å². The van der Waals surface area contributed by atoms with Gasteiger partial charge >= 0.3 is 6.18 Å². The first-order valence-electron chi connectivity index (χ1n) is 8.79. The molecule has 0 saturated carbocycles. The molecule has 2 aromatic carbocycles. The first-order chi connectivity index (χ1) is 13.7. The maximum absolute atomic E-state index is 13.0. The van der Waals surface area contributed by atoms with Gasteiger partial charge in [-0.2, -0.15) is 13.2 Å². The van der Waals surface area contributed by atoms with E-state index in [0.29, 0.717) is 5.56 Å². The van der Waals surface area contributed by atoms with Crippen molar-refractivity contribution in [1.82, 2.24) is 4.90 Å². The Hall–Kier alpha value is -2.58. The molecule has 0 unspecified atom stereocenters. The summed E-state index contributed by atoms with van der Waals surface area (Å²) in [6.07, 6.45) is -4.51. The van der Waals surface area contributed by atoms with E-state index in [1.54, 1.807) is 12.1 Å². The minimum absolute atomic E-state index is 0.176. The summed E-state index contributed by atoms with van der Waals surface area (Å²) in [6.45, 7) is 1.45. The Bertz CT molecular complexity index is 968. The fourth-order valence-electron chi connectivity index (χ4n) is 2.98. The zero-order chi connectivity index (χ0) is 21.2. The van der Waals surface area contributed by atoms with Crippen LogP contribution in [0.2, 0.25) is 0 Å². The molecular weight excluding hydrogens is 403 g/mol. The number of alkyl halides is 3. The Kier molecular flexibility index (Phi) is 6.14. The molecule has 8 heteroatoms. The molecule has 0 bridgehead atoms. The maximum atomic E-state index is 13.0. The van der Waals surface area contributed by atoms with E-state index in [1.807, 2.05) is 19.1 Å². The summed E-state index contributed by atoms with van der Waals surface area (Å²) in [5, 5.41) is 9.12. The Morgan fingerprint density at radius 2 is 1.72 bits per heavy atom. The molecule has 0 aliphatic carbocycles. The Morgan fingerprint density at radius 1 is 1.03 bits per heavy atom. The van der Waals surface area contributed by atoms with Gasteiger partial charge in [0.1, 0.15) is 0 Å². The number of amides is 2. The highest BCUT2D eigenvalue weighted by Gasteiger charge is 2.39. The first kappa shape index (κ1) is 21.1. The van der Waals surface area contributed by atoms with Gasteiger partial charge in [-0.3, -0.25) is 14.5 Å². The molecule has 0 spiro atoms. The zero-order valence-electron chi connectivity index (χ0n) is 15.5. The van der Waals surface area contributed by atoms with Gasteiger partial charge in [0.2, 0.25) is 0 Å². The third-order valence-corrected chi connectivity index (χ3v) is 5.45. The smallest absolute Gasteiger partial charge is 0.396 e.